The van der Waals surface area contributed by atoms with Crippen LogP contribution in [0.2, 0.25) is 0 Å². The number of rotatable bonds is 3. The Morgan fingerprint density at radius 3 is 2.56 bits per heavy atom. The summed E-state index contributed by atoms with van der Waals surface area (Å²) in [6.45, 7) is 3.35. The van der Waals surface area contributed by atoms with Gasteiger partial charge in [0.25, 0.3) is 0 Å². The molecular weight excluding hydrogens is 248 g/mol. The van der Waals surface area contributed by atoms with Crippen LogP contribution in [0.4, 0.5) is 0 Å². The van der Waals surface area contributed by atoms with Gasteiger partial charge in [0.15, 0.2) is 9.84 Å². The van der Waals surface area contributed by atoms with Crippen LogP contribution < -0.4 is 0 Å². The van der Waals surface area contributed by atoms with Gasteiger partial charge in [0.05, 0.1) is 17.0 Å². The molecule has 0 saturated heterocycles. The third kappa shape index (κ3) is 2.72. The lowest BCUT2D eigenvalue weighted by molar-refractivity contribution is 0.439. The van der Waals surface area contributed by atoms with E-state index in [1.807, 2.05) is 30.4 Å². The third-order valence-electron chi connectivity index (χ3n) is 3.20. The number of likely N-dealkylation sites (N-methyl/N-ethyl adjacent to an activating group) is 1. The van der Waals surface area contributed by atoms with Gasteiger partial charge in [-0.3, -0.25) is 4.99 Å². The Morgan fingerprint density at radius 2 is 2.00 bits per heavy atom. The van der Waals surface area contributed by atoms with E-state index in [-0.39, 0.29) is 5.75 Å². The molecule has 0 fully saturated rings. The molecule has 0 radical (unpaired) electrons. The van der Waals surface area contributed by atoms with Gasteiger partial charge in [-0.05, 0) is 17.7 Å². The second-order valence-corrected chi connectivity index (χ2v) is 6.87. The molecule has 1 aliphatic rings. The standard InChI is InChI=1S/C13H18N2O2S/c1-3-18(16,17)13-6-4-11(5-7-13)12-8-14-10-15(2)9-12/h4-7,10,12H,3,8-9H2,1-2H3. The lowest BCUT2D eigenvalue weighted by Crippen LogP contribution is -2.29. The summed E-state index contributed by atoms with van der Waals surface area (Å²) in [6, 6.07) is 7.21. The van der Waals surface area contributed by atoms with E-state index in [0.717, 1.165) is 18.7 Å². The van der Waals surface area contributed by atoms with Crippen LogP contribution >= 0.6 is 0 Å². The molecule has 18 heavy (non-hydrogen) atoms. The fourth-order valence-corrected chi connectivity index (χ4v) is 2.98. The van der Waals surface area contributed by atoms with Crippen LogP contribution in [0.25, 0.3) is 0 Å². The van der Waals surface area contributed by atoms with Crippen molar-refractivity contribution in [1.29, 1.82) is 0 Å². The summed E-state index contributed by atoms with van der Waals surface area (Å²) < 4.78 is 23.4. The fraction of sp³-hybridized carbons (Fsp3) is 0.462. The summed E-state index contributed by atoms with van der Waals surface area (Å²) in [5.41, 5.74) is 1.15. The summed E-state index contributed by atoms with van der Waals surface area (Å²) in [6.07, 6.45) is 1.84. The van der Waals surface area contributed by atoms with Crippen molar-refractivity contribution in [1.82, 2.24) is 4.90 Å². The van der Waals surface area contributed by atoms with Crippen molar-refractivity contribution in [2.24, 2.45) is 4.99 Å². The first kappa shape index (κ1) is 13.1. The molecule has 1 aromatic carbocycles. The Kier molecular flexibility index (Phi) is 3.71. The van der Waals surface area contributed by atoms with Crippen molar-refractivity contribution in [3.8, 4) is 0 Å². The van der Waals surface area contributed by atoms with Gasteiger partial charge >= 0.3 is 0 Å². The third-order valence-corrected chi connectivity index (χ3v) is 4.95. The van der Waals surface area contributed by atoms with E-state index >= 15 is 0 Å². The van der Waals surface area contributed by atoms with Crippen molar-refractivity contribution in [3.63, 3.8) is 0 Å². The molecule has 0 spiro atoms. The Bertz CT molecular complexity index is 535. The first-order chi connectivity index (χ1) is 8.53. The Balaban J connectivity index is 2.21. The number of hydrogen-bond acceptors (Lipinski definition) is 4. The zero-order chi connectivity index (χ0) is 13.2. The molecule has 1 unspecified atom stereocenters. The zero-order valence-corrected chi connectivity index (χ0v) is 11.5. The average molecular weight is 266 g/mol. The SMILES string of the molecule is CCS(=O)(=O)c1ccc(C2CN=CN(C)C2)cc1. The molecule has 4 nitrogen and oxygen atoms in total. The maximum absolute atomic E-state index is 11.7. The van der Waals surface area contributed by atoms with Crippen LogP contribution in [-0.2, 0) is 9.84 Å². The number of nitrogens with zero attached hydrogens (tertiary/aromatic N) is 2. The topological polar surface area (TPSA) is 49.7 Å². The summed E-state index contributed by atoms with van der Waals surface area (Å²) in [5, 5.41) is 0. The molecule has 98 valence electrons. The lowest BCUT2D eigenvalue weighted by atomic mass is 9.98. The maximum Gasteiger partial charge on any atom is 0.178 e. The van der Waals surface area contributed by atoms with Crippen LogP contribution in [0, 0.1) is 0 Å². The number of sulfone groups is 1. The molecule has 1 aromatic rings. The highest BCUT2D eigenvalue weighted by molar-refractivity contribution is 7.91. The van der Waals surface area contributed by atoms with Gasteiger partial charge in [0.2, 0.25) is 0 Å². The van der Waals surface area contributed by atoms with Crippen molar-refractivity contribution >= 4 is 16.2 Å². The largest absolute Gasteiger partial charge is 0.365 e. The molecule has 1 heterocycles. The van der Waals surface area contributed by atoms with E-state index in [1.165, 1.54) is 0 Å². The van der Waals surface area contributed by atoms with Crippen LogP contribution in [0.5, 0.6) is 0 Å². The van der Waals surface area contributed by atoms with Gasteiger partial charge in [-0.1, -0.05) is 19.1 Å². The van der Waals surface area contributed by atoms with Gasteiger partial charge in [-0.2, -0.15) is 0 Å². The van der Waals surface area contributed by atoms with E-state index in [4.69, 9.17) is 0 Å². The molecule has 0 aromatic heterocycles. The van der Waals surface area contributed by atoms with Crippen molar-refractivity contribution in [2.45, 2.75) is 17.7 Å². The second kappa shape index (κ2) is 5.10. The van der Waals surface area contributed by atoms with E-state index in [2.05, 4.69) is 4.99 Å². The van der Waals surface area contributed by atoms with E-state index in [0.29, 0.717) is 10.8 Å². The highest BCUT2D eigenvalue weighted by Crippen LogP contribution is 2.21. The van der Waals surface area contributed by atoms with E-state index in [9.17, 15) is 8.42 Å². The van der Waals surface area contributed by atoms with Gasteiger partial charge in [0, 0.05) is 26.1 Å². The molecule has 0 aliphatic carbocycles. The minimum atomic E-state index is -3.10. The van der Waals surface area contributed by atoms with Crippen LogP contribution in [0.1, 0.15) is 18.4 Å². The molecule has 0 bridgehead atoms. The fourth-order valence-electron chi connectivity index (χ4n) is 2.09. The first-order valence-corrected chi connectivity index (χ1v) is 7.71. The van der Waals surface area contributed by atoms with E-state index in [1.54, 1.807) is 19.1 Å². The zero-order valence-electron chi connectivity index (χ0n) is 10.7. The predicted octanol–water partition coefficient (Wildman–Crippen LogP) is 1.54. The normalized spacial score (nSPS) is 20.1. The molecule has 2 rings (SSSR count). The highest BCUT2D eigenvalue weighted by atomic mass is 32.2. The summed E-state index contributed by atoms with van der Waals surface area (Å²) >= 11 is 0. The molecule has 5 heteroatoms. The Morgan fingerprint density at radius 1 is 1.33 bits per heavy atom. The van der Waals surface area contributed by atoms with E-state index < -0.39 is 9.84 Å². The molecular formula is C13H18N2O2S. The number of aliphatic imine (C=N–C) groups is 1. The van der Waals surface area contributed by atoms with Crippen LogP contribution in [0.15, 0.2) is 34.2 Å². The minimum absolute atomic E-state index is 0.142. The van der Waals surface area contributed by atoms with Crippen molar-refractivity contribution < 1.29 is 8.42 Å². The molecule has 0 amide bonds. The Hall–Kier alpha value is -1.36. The highest BCUT2D eigenvalue weighted by Gasteiger charge is 2.17. The van der Waals surface area contributed by atoms with Crippen molar-refractivity contribution in [2.75, 3.05) is 25.9 Å². The second-order valence-electron chi connectivity index (χ2n) is 4.59. The van der Waals surface area contributed by atoms with Gasteiger partial charge in [-0.15, -0.1) is 0 Å². The average Bonchev–Trinajstić information content (AvgIpc) is 2.39. The predicted molar refractivity (Wildman–Crippen MR) is 72.9 cm³/mol. The Labute approximate surface area is 108 Å². The maximum atomic E-state index is 11.7. The summed E-state index contributed by atoms with van der Waals surface area (Å²) in [5.74, 6) is 0.487. The van der Waals surface area contributed by atoms with Gasteiger partial charge in [0.1, 0.15) is 0 Å². The molecule has 1 atom stereocenters. The molecule has 0 saturated carbocycles. The lowest BCUT2D eigenvalue weighted by Gasteiger charge is -2.25. The number of hydrogen-bond donors (Lipinski definition) is 0. The molecule has 0 N–H and O–H groups in total. The smallest absolute Gasteiger partial charge is 0.178 e. The van der Waals surface area contributed by atoms with Gasteiger partial charge in [-0.25, -0.2) is 8.42 Å². The monoisotopic (exact) mass is 266 g/mol. The quantitative estimate of drug-likeness (QED) is 0.834. The molecule has 1 aliphatic heterocycles. The van der Waals surface area contributed by atoms with Crippen LogP contribution in [0.3, 0.4) is 0 Å². The first-order valence-electron chi connectivity index (χ1n) is 6.06. The van der Waals surface area contributed by atoms with Crippen LogP contribution in [-0.4, -0.2) is 45.5 Å². The van der Waals surface area contributed by atoms with Crippen molar-refractivity contribution in [3.05, 3.63) is 29.8 Å². The summed E-state index contributed by atoms with van der Waals surface area (Å²) in [4.78, 5) is 6.74. The number of benzene rings is 1. The van der Waals surface area contributed by atoms with Gasteiger partial charge < -0.3 is 4.90 Å². The minimum Gasteiger partial charge on any atom is -0.365 e. The summed E-state index contributed by atoms with van der Waals surface area (Å²) in [7, 11) is -1.10.